The van der Waals surface area contributed by atoms with Gasteiger partial charge in [-0.15, -0.1) is 0 Å². The van der Waals surface area contributed by atoms with Crippen LogP contribution in [0.5, 0.6) is 5.75 Å². The summed E-state index contributed by atoms with van der Waals surface area (Å²) in [5.41, 5.74) is 6.84. The van der Waals surface area contributed by atoms with Gasteiger partial charge < -0.3 is 15.4 Å². The van der Waals surface area contributed by atoms with Crippen molar-refractivity contribution in [2.75, 3.05) is 26.4 Å². The maximum Gasteiger partial charge on any atom is 0.257 e. The zero-order valence-electron chi connectivity index (χ0n) is 10.3. The van der Waals surface area contributed by atoms with Gasteiger partial charge in [0.25, 0.3) is 5.91 Å². The fourth-order valence-electron chi connectivity index (χ4n) is 1.86. The normalized spacial score (nSPS) is 14.5. The van der Waals surface area contributed by atoms with Crippen molar-refractivity contribution in [3.63, 3.8) is 0 Å². The number of hydrogen-bond acceptors (Lipinski definition) is 3. The number of nitrogen functional groups attached to an aromatic ring is 1. The lowest BCUT2D eigenvalue weighted by Crippen LogP contribution is -2.29. The number of benzene rings is 1. The third kappa shape index (κ3) is 2.70. The van der Waals surface area contributed by atoms with Crippen molar-refractivity contribution < 1.29 is 9.53 Å². The molecular weight excluding hydrogens is 216 g/mol. The van der Waals surface area contributed by atoms with E-state index in [1.165, 1.54) is 12.8 Å². The average molecular weight is 234 g/mol. The van der Waals surface area contributed by atoms with Crippen LogP contribution in [-0.2, 0) is 0 Å². The number of hydrogen-bond donors (Lipinski definition) is 1. The molecule has 0 bridgehead atoms. The van der Waals surface area contributed by atoms with Gasteiger partial charge in [0.05, 0.1) is 12.7 Å². The van der Waals surface area contributed by atoms with E-state index in [4.69, 9.17) is 10.5 Å². The zero-order valence-corrected chi connectivity index (χ0v) is 10.3. The highest BCUT2D eigenvalue weighted by Gasteiger charge is 2.26. The molecule has 1 saturated carbocycles. The summed E-state index contributed by atoms with van der Waals surface area (Å²) in [7, 11) is 3.38. The highest BCUT2D eigenvalue weighted by atomic mass is 16.5. The van der Waals surface area contributed by atoms with Crippen LogP contribution in [0.1, 0.15) is 23.2 Å². The second kappa shape index (κ2) is 4.65. The van der Waals surface area contributed by atoms with E-state index >= 15 is 0 Å². The molecule has 1 aromatic carbocycles. The Hall–Kier alpha value is -1.71. The first kappa shape index (κ1) is 11.8. The van der Waals surface area contributed by atoms with Gasteiger partial charge in [0.15, 0.2) is 0 Å². The van der Waals surface area contributed by atoms with Gasteiger partial charge >= 0.3 is 0 Å². The van der Waals surface area contributed by atoms with Crippen molar-refractivity contribution >= 4 is 11.6 Å². The van der Waals surface area contributed by atoms with Crippen LogP contribution in [-0.4, -0.2) is 31.5 Å². The molecule has 0 unspecified atom stereocenters. The molecule has 1 aliphatic carbocycles. The second-order valence-corrected chi connectivity index (χ2v) is 4.59. The summed E-state index contributed by atoms with van der Waals surface area (Å²) in [6.07, 6.45) is 2.47. The van der Waals surface area contributed by atoms with Crippen LogP contribution in [0.2, 0.25) is 0 Å². The lowest BCUT2D eigenvalue weighted by molar-refractivity contribution is 0.0785. The van der Waals surface area contributed by atoms with Crippen LogP contribution >= 0.6 is 0 Å². The van der Waals surface area contributed by atoms with E-state index in [2.05, 4.69) is 0 Å². The molecular formula is C13H18N2O2. The Morgan fingerprint density at radius 2 is 2.24 bits per heavy atom. The number of amides is 1. The first-order chi connectivity index (χ1) is 8.11. The highest BCUT2D eigenvalue weighted by Crippen LogP contribution is 2.30. The van der Waals surface area contributed by atoms with Crippen molar-refractivity contribution in [1.29, 1.82) is 0 Å². The highest BCUT2D eigenvalue weighted by molar-refractivity contribution is 5.97. The Morgan fingerprint density at radius 3 is 2.82 bits per heavy atom. The van der Waals surface area contributed by atoms with Crippen molar-refractivity contribution in [2.45, 2.75) is 12.8 Å². The van der Waals surface area contributed by atoms with Gasteiger partial charge in [-0.2, -0.15) is 0 Å². The molecule has 1 fully saturated rings. The summed E-state index contributed by atoms with van der Waals surface area (Å²) < 4.78 is 5.19. The summed E-state index contributed by atoms with van der Waals surface area (Å²) in [6, 6.07) is 5.12. The van der Waals surface area contributed by atoms with Crippen molar-refractivity contribution in [2.24, 2.45) is 5.92 Å². The lowest BCUT2D eigenvalue weighted by Gasteiger charge is -2.18. The maximum absolute atomic E-state index is 12.2. The third-order valence-electron chi connectivity index (χ3n) is 3.03. The molecule has 0 spiro atoms. The predicted molar refractivity (Wildman–Crippen MR) is 67.1 cm³/mol. The minimum Gasteiger partial charge on any atom is -0.496 e. The topological polar surface area (TPSA) is 55.6 Å². The maximum atomic E-state index is 12.2. The van der Waals surface area contributed by atoms with Gasteiger partial charge in [0.2, 0.25) is 0 Å². The van der Waals surface area contributed by atoms with Crippen LogP contribution in [0, 0.1) is 5.92 Å². The number of methoxy groups -OCH3 is 1. The van der Waals surface area contributed by atoms with E-state index in [9.17, 15) is 4.79 Å². The van der Waals surface area contributed by atoms with E-state index in [0.717, 1.165) is 6.54 Å². The molecule has 1 aliphatic rings. The number of nitrogens with two attached hydrogens (primary N) is 1. The predicted octanol–water partition coefficient (Wildman–Crippen LogP) is 1.76. The fraction of sp³-hybridized carbons (Fsp3) is 0.462. The number of carbonyl (C=O) groups excluding carboxylic acids is 1. The summed E-state index contributed by atoms with van der Waals surface area (Å²) in [5, 5.41) is 0. The summed E-state index contributed by atoms with van der Waals surface area (Å²) >= 11 is 0. The smallest absolute Gasteiger partial charge is 0.257 e. The second-order valence-electron chi connectivity index (χ2n) is 4.59. The number of ether oxygens (including phenoxy) is 1. The molecule has 4 nitrogen and oxygen atoms in total. The van der Waals surface area contributed by atoms with Crippen molar-refractivity contribution in [3.8, 4) is 5.75 Å². The Bertz CT molecular complexity index is 427. The van der Waals surface area contributed by atoms with Crippen LogP contribution < -0.4 is 10.5 Å². The lowest BCUT2D eigenvalue weighted by atomic mass is 10.1. The fourth-order valence-corrected chi connectivity index (χ4v) is 1.86. The first-order valence-electron chi connectivity index (χ1n) is 5.80. The van der Waals surface area contributed by atoms with Gasteiger partial charge in [0.1, 0.15) is 5.75 Å². The minimum absolute atomic E-state index is 0.00579. The molecule has 1 amide bonds. The molecule has 2 N–H and O–H groups in total. The van der Waals surface area contributed by atoms with E-state index in [1.807, 2.05) is 7.05 Å². The molecule has 1 aromatic rings. The number of rotatable bonds is 4. The summed E-state index contributed by atoms with van der Waals surface area (Å²) in [5.74, 6) is 1.22. The molecule has 2 rings (SSSR count). The largest absolute Gasteiger partial charge is 0.496 e. The molecule has 0 heterocycles. The Kier molecular flexibility index (Phi) is 3.22. The van der Waals surface area contributed by atoms with Gasteiger partial charge in [-0.3, -0.25) is 4.79 Å². The molecule has 0 aromatic heterocycles. The summed E-state index contributed by atoms with van der Waals surface area (Å²) in [6.45, 7) is 0.826. The summed E-state index contributed by atoms with van der Waals surface area (Å²) in [4.78, 5) is 14.0. The quantitative estimate of drug-likeness (QED) is 0.808. The minimum atomic E-state index is -0.00579. The van der Waals surface area contributed by atoms with E-state index in [-0.39, 0.29) is 5.91 Å². The van der Waals surface area contributed by atoms with Gasteiger partial charge in [-0.25, -0.2) is 0 Å². The van der Waals surface area contributed by atoms with Crippen LogP contribution in [0.15, 0.2) is 18.2 Å². The van der Waals surface area contributed by atoms with E-state index < -0.39 is 0 Å². The van der Waals surface area contributed by atoms with Crippen molar-refractivity contribution in [3.05, 3.63) is 23.8 Å². The average Bonchev–Trinajstić information content (AvgIpc) is 3.11. The number of carbonyl (C=O) groups is 1. The monoisotopic (exact) mass is 234 g/mol. The van der Waals surface area contributed by atoms with Crippen LogP contribution in [0.3, 0.4) is 0 Å². The van der Waals surface area contributed by atoms with Crippen molar-refractivity contribution in [1.82, 2.24) is 4.90 Å². The molecule has 0 aliphatic heterocycles. The molecule has 0 atom stereocenters. The Balaban J connectivity index is 2.16. The zero-order chi connectivity index (χ0) is 12.4. The number of anilines is 1. The van der Waals surface area contributed by atoms with Gasteiger partial charge in [0, 0.05) is 25.3 Å². The van der Waals surface area contributed by atoms with E-state index in [1.54, 1.807) is 30.2 Å². The van der Waals surface area contributed by atoms with Gasteiger partial charge in [-0.05, 0) is 30.9 Å². The first-order valence-corrected chi connectivity index (χ1v) is 5.80. The molecule has 0 saturated heterocycles. The molecule has 17 heavy (non-hydrogen) atoms. The molecule has 92 valence electrons. The standard InChI is InChI=1S/C13H18N2O2/c1-15(8-9-3-4-9)13(16)11-6-5-10(14)7-12(11)17-2/h5-7,9H,3-4,8,14H2,1-2H3. The van der Waals surface area contributed by atoms with E-state index in [0.29, 0.717) is 22.9 Å². The van der Waals surface area contributed by atoms with Crippen LogP contribution in [0.4, 0.5) is 5.69 Å². The number of nitrogens with zero attached hydrogens (tertiary/aromatic N) is 1. The van der Waals surface area contributed by atoms with Crippen LogP contribution in [0.25, 0.3) is 0 Å². The van der Waals surface area contributed by atoms with Gasteiger partial charge in [-0.1, -0.05) is 0 Å². The Labute approximate surface area is 101 Å². The third-order valence-corrected chi connectivity index (χ3v) is 3.03. The molecule has 4 heteroatoms. The molecule has 0 radical (unpaired) electrons. The SMILES string of the molecule is COc1cc(N)ccc1C(=O)N(C)CC1CC1. The Morgan fingerprint density at radius 1 is 1.53 bits per heavy atom.